The summed E-state index contributed by atoms with van der Waals surface area (Å²) in [4.78, 5) is 26.3. The van der Waals surface area contributed by atoms with E-state index in [1.165, 1.54) is 18.4 Å². The molecule has 0 aromatic carbocycles. The molecule has 2 heterocycles. The molecule has 2 N–H and O–H groups in total. The Morgan fingerprint density at radius 1 is 1.37 bits per heavy atom. The molecule has 2 rings (SSSR count). The molecule has 1 amide bonds. The van der Waals surface area contributed by atoms with E-state index in [0.29, 0.717) is 5.76 Å². The van der Waals surface area contributed by atoms with Crippen LogP contribution in [0.2, 0.25) is 0 Å². The van der Waals surface area contributed by atoms with E-state index in [1.54, 1.807) is 19.1 Å². The highest BCUT2D eigenvalue weighted by molar-refractivity contribution is 5.93. The molecular weight excluding hydrogens is 248 g/mol. The van der Waals surface area contributed by atoms with Crippen LogP contribution in [0.1, 0.15) is 39.6 Å². The third-order valence-corrected chi connectivity index (χ3v) is 2.56. The first-order chi connectivity index (χ1) is 9.08. The molecule has 0 spiro atoms. The average molecular weight is 260 g/mol. The number of aromatic nitrogens is 1. The fraction of sp³-hybridized carbons (Fsp3) is 0.154. The zero-order valence-electron chi connectivity index (χ0n) is 10.2. The fourth-order valence-corrected chi connectivity index (χ4v) is 1.53. The van der Waals surface area contributed by atoms with Gasteiger partial charge in [-0.1, -0.05) is 0 Å². The Kier molecular flexibility index (Phi) is 3.61. The summed E-state index contributed by atoms with van der Waals surface area (Å²) in [7, 11) is 0. The molecule has 2 aromatic heterocycles. The Morgan fingerprint density at radius 3 is 2.68 bits per heavy atom. The number of hydrogen-bond acceptors (Lipinski definition) is 4. The molecule has 6 heteroatoms. The van der Waals surface area contributed by atoms with Crippen molar-refractivity contribution in [1.29, 1.82) is 0 Å². The van der Waals surface area contributed by atoms with Crippen LogP contribution in [0.5, 0.6) is 0 Å². The number of aromatic carboxylic acids is 1. The van der Waals surface area contributed by atoms with Crippen LogP contribution in [0.4, 0.5) is 0 Å². The van der Waals surface area contributed by atoms with Crippen LogP contribution < -0.4 is 5.32 Å². The van der Waals surface area contributed by atoms with Crippen molar-refractivity contribution in [2.24, 2.45) is 0 Å². The SMILES string of the molecule is CC(NC(=O)c1ccc(C(=O)O)cn1)c1ccco1. The molecular formula is C13H12N2O4. The number of carbonyl (C=O) groups excluding carboxylic acids is 1. The number of amides is 1. The first-order valence-corrected chi connectivity index (χ1v) is 5.61. The van der Waals surface area contributed by atoms with Crippen molar-refractivity contribution in [2.75, 3.05) is 0 Å². The normalized spacial score (nSPS) is 11.8. The highest BCUT2D eigenvalue weighted by Gasteiger charge is 2.14. The predicted molar refractivity (Wildman–Crippen MR) is 65.8 cm³/mol. The summed E-state index contributed by atoms with van der Waals surface area (Å²) in [6.45, 7) is 1.78. The predicted octanol–water partition coefficient (Wildman–Crippen LogP) is 1.86. The van der Waals surface area contributed by atoms with E-state index in [0.717, 1.165) is 6.20 Å². The van der Waals surface area contributed by atoms with E-state index in [1.807, 2.05) is 0 Å². The number of carboxylic acids is 1. The van der Waals surface area contributed by atoms with Gasteiger partial charge in [-0.15, -0.1) is 0 Å². The number of pyridine rings is 1. The zero-order valence-corrected chi connectivity index (χ0v) is 10.2. The van der Waals surface area contributed by atoms with Crippen LogP contribution >= 0.6 is 0 Å². The van der Waals surface area contributed by atoms with E-state index >= 15 is 0 Å². The van der Waals surface area contributed by atoms with Gasteiger partial charge in [0.05, 0.1) is 17.9 Å². The monoisotopic (exact) mass is 260 g/mol. The minimum Gasteiger partial charge on any atom is -0.478 e. The lowest BCUT2D eigenvalue weighted by Gasteiger charge is -2.10. The van der Waals surface area contributed by atoms with Crippen molar-refractivity contribution < 1.29 is 19.1 Å². The Hall–Kier alpha value is -2.63. The van der Waals surface area contributed by atoms with Crippen molar-refractivity contribution in [2.45, 2.75) is 13.0 Å². The van der Waals surface area contributed by atoms with Crippen LogP contribution in [0.3, 0.4) is 0 Å². The van der Waals surface area contributed by atoms with Crippen molar-refractivity contribution in [3.8, 4) is 0 Å². The van der Waals surface area contributed by atoms with Crippen LogP contribution in [-0.2, 0) is 0 Å². The zero-order chi connectivity index (χ0) is 13.8. The lowest BCUT2D eigenvalue weighted by molar-refractivity contribution is 0.0695. The first-order valence-electron chi connectivity index (χ1n) is 5.61. The highest BCUT2D eigenvalue weighted by Crippen LogP contribution is 2.12. The van der Waals surface area contributed by atoms with Crippen LogP contribution in [0, 0.1) is 0 Å². The van der Waals surface area contributed by atoms with Gasteiger partial charge in [-0.25, -0.2) is 4.79 Å². The van der Waals surface area contributed by atoms with Gasteiger partial charge < -0.3 is 14.8 Å². The second-order valence-electron chi connectivity index (χ2n) is 3.95. The molecule has 19 heavy (non-hydrogen) atoms. The second-order valence-corrected chi connectivity index (χ2v) is 3.95. The van der Waals surface area contributed by atoms with E-state index in [-0.39, 0.29) is 23.2 Å². The Bertz CT molecular complexity index is 575. The maximum absolute atomic E-state index is 11.9. The van der Waals surface area contributed by atoms with Crippen LogP contribution in [0.15, 0.2) is 41.1 Å². The summed E-state index contributed by atoms with van der Waals surface area (Å²) >= 11 is 0. The molecule has 0 saturated heterocycles. The minimum atomic E-state index is -1.08. The molecule has 0 aliphatic heterocycles. The Morgan fingerprint density at radius 2 is 2.16 bits per heavy atom. The Balaban J connectivity index is 2.05. The molecule has 98 valence electrons. The van der Waals surface area contributed by atoms with Gasteiger partial charge in [0, 0.05) is 6.20 Å². The number of carboxylic acid groups (broad SMARTS) is 1. The van der Waals surface area contributed by atoms with Gasteiger partial charge in [0.25, 0.3) is 5.91 Å². The van der Waals surface area contributed by atoms with Gasteiger partial charge in [0.2, 0.25) is 0 Å². The number of furan rings is 1. The van der Waals surface area contributed by atoms with Crippen molar-refractivity contribution in [3.05, 3.63) is 53.7 Å². The van der Waals surface area contributed by atoms with E-state index in [2.05, 4.69) is 10.3 Å². The van der Waals surface area contributed by atoms with E-state index in [9.17, 15) is 9.59 Å². The topological polar surface area (TPSA) is 92.4 Å². The molecule has 2 aromatic rings. The van der Waals surface area contributed by atoms with Gasteiger partial charge in [0.15, 0.2) is 0 Å². The lowest BCUT2D eigenvalue weighted by atomic mass is 10.2. The molecule has 0 radical (unpaired) electrons. The second kappa shape index (κ2) is 5.34. The molecule has 0 aliphatic rings. The van der Waals surface area contributed by atoms with Gasteiger partial charge >= 0.3 is 5.97 Å². The number of nitrogens with one attached hydrogen (secondary N) is 1. The van der Waals surface area contributed by atoms with Crippen molar-refractivity contribution in [1.82, 2.24) is 10.3 Å². The highest BCUT2D eigenvalue weighted by atomic mass is 16.4. The van der Waals surface area contributed by atoms with Gasteiger partial charge in [-0.05, 0) is 31.2 Å². The summed E-state index contributed by atoms with van der Waals surface area (Å²) in [5.74, 6) is -0.834. The molecule has 1 unspecified atom stereocenters. The van der Waals surface area contributed by atoms with Gasteiger partial charge in [0.1, 0.15) is 11.5 Å². The molecule has 0 bridgehead atoms. The first kappa shape index (κ1) is 12.8. The van der Waals surface area contributed by atoms with E-state index in [4.69, 9.17) is 9.52 Å². The molecule has 0 fully saturated rings. The van der Waals surface area contributed by atoms with E-state index < -0.39 is 5.97 Å². The molecule has 6 nitrogen and oxygen atoms in total. The van der Waals surface area contributed by atoms with Crippen molar-refractivity contribution in [3.63, 3.8) is 0 Å². The minimum absolute atomic E-state index is 0.0376. The van der Waals surface area contributed by atoms with Gasteiger partial charge in [-0.3, -0.25) is 9.78 Å². The fourth-order valence-electron chi connectivity index (χ4n) is 1.53. The Labute approximate surface area is 109 Å². The smallest absolute Gasteiger partial charge is 0.337 e. The van der Waals surface area contributed by atoms with Crippen LogP contribution in [-0.4, -0.2) is 22.0 Å². The van der Waals surface area contributed by atoms with Crippen LogP contribution in [0.25, 0.3) is 0 Å². The van der Waals surface area contributed by atoms with Crippen molar-refractivity contribution >= 4 is 11.9 Å². The summed E-state index contributed by atoms with van der Waals surface area (Å²) in [5.41, 5.74) is 0.194. The number of carbonyl (C=O) groups is 2. The summed E-state index contributed by atoms with van der Waals surface area (Å²) in [5, 5.41) is 11.4. The lowest BCUT2D eigenvalue weighted by Crippen LogP contribution is -2.27. The molecule has 1 atom stereocenters. The summed E-state index contributed by atoms with van der Waals surface area (Å²) < 4.78 is 5.17. The molecule has 0 aliphatic carbocycles. The standard InChI is InChI=1S/C13H12N2O4/c1-8(11-3-2-6-19-11)15-12(16)10-5-4-9(7-14-10)13(17)18/h2-8H,1H3,(H,15,16)(H,17,18). The largest absolute Gasteiger partial charge is 0.478 e. The average Bonchev–Trinajstić information content (AvgIpc) is 2.92. The third kappa shape index (κ3) is 2.98. The van der Waals surface area contributed by atoms with Gasteiger partial charge in [-0.2, -0.15) is 0 Å². The number of hydrogen-bond donors (Lipinski definition) is 2. The third-order valence-electron chi connectivity index (χ3n) is 2.56. The maximum Gasteiger partial charge on any atom is 0.337 e. The number of nitrogens with zero attached hydrogens (tertiary/aromatic N) is 1. The number of rotatable bonds is 4. The molecule has 0 saturated carbocycles. The maximum atomic E-state index is 11.9. The quantitative estimate of drug-likeness (QED) is 0.875. The summed E-state index contributed by atoms with van der Waals surface area (Å²) in [6, 6.07) is 5.91. The summed E-state index contributed by atoms with van der Waals surface area (Å²) in [6.07, 6.45) is 2.67.